The monoisotopic (exact) mass is 267 g/mol. The maximum atomic E-state index is 5.35. The molecule has 0 saturated carbocycles. The molecule has 0 amide bonds. The highest BCUT2D eigenvalue weighted by Crippen LogP contribution is 2.24. The molecule has 0 radical (unpaired) electrons. The van der Waals surface area contributed by atoms with Gasteiger partial charge in [0.25, 0.3) is 0 Å². The third-order valence-electron chi connectivity index (χ3n) is 1.93. The first-order chi connectivity index (χ1) is 7.29. The third kappa shape index (κ3) is 2.39. The summed E-state index contributed by atoms with van der Waals surface area (Å²) in [6, 6.07) is 9.54. The minimum Gasteiger partial charge on any atom is -0.494 e. The molecule has 0 saturated heterocycles. The summed E-state index contributed by atoms with van der Waals surface area (Å²) in [5.74, 6) is 1.60. The largest absolute Gasteiger partial charge is 0.494 e. The molecule has 0 aliphatic heterocycles. The van der Waals surface area contributed by atoms with Gasteiger partial charge >= 0.3 is 0 Å². The normalized spacial score (nSPS) is 10.3. The number of rotatable bonds is 3. The Hall–Kier alpha value is -1.29. The number of hydrogen-bond acceptors (Lipinski definition) is 3. The zero-order valence-electron chi connectivity index (χ0n) is 8.24. The Balaban J connectivity index is 2.23. The van der Waals surface area contributed by atoms with Gasteiger partial charge in [0.2, 0.25) is 0 Å². The standard InChI is InChI=1S/C11H10BrNO2/c1-2-14-9-5-3-8(4-6-9)10-7-11(12)13-15-10/h3-7H,2H2,1H3. The van der Waals surface area contributed by atoms with E-state index in [1.54, 1.807) is 0 Å². The minimum absolute atomic E-state index is 0.674. The van der Waals surface area contributed by atoms with Crippen LogP contribution in [0.3, 0.4) is 0 Å². The summed E-state index contributed by atoms with van der Waals surface area (Å²) in [6.07, 6.45) is 0. The van der Waals surface area contributed by atoms with E-state index < -0.39 is 0 Å². The molecule has 0 fully saturated rings. The molecule has 2 aromatic rings. The van der Waals surface area contributed by atoms with Gasteiger partial charge in [-0.25, -0.2) is 0 Å². The van der Waals surface area contributed by atoms with Crippen LogP contribution in [0.25, 0.3) is 11.3 Å². The quantitative estimate of drug-likeness (QED) is 0.854. The van der Waals surface area contributed by atoms with E-state index in [4.69, 9.17) is 9.26 Å². The molecule has 0 N–H and O–H groups in total. The van der Waals surface area contributed by atoms with Gasteiger partial charge in [-0.1, -0.05) is 5.16 Å². The van der Waals surface area contributed by atoms with Gasteiger partial charge in [-0.15, -0.1) is 0 Å². The van der Waals surface area contributed by atoms with E-state index in [9.17, 15) is 0 Å². The average molecular weight is 268 g/mol. The number of aromatic nitrogens is 1. The molecule has 78 valence electrons. The molecule has 1 heterocycles. The summed E-state index contributed by atoms with van der Waals surface area (Å²) in [7, 11) is 0. The first-order valence-corrected chi connectivity index (χ1v) is 5.44. The van der Waals surface area contributed by atoms with Crippen molar-refractivity contribution in [3.63, 3.8) is 0 Å². The fourth-order valence-electron chi connectivity index (χ4n) is 1.27. The van der Waals surface area contributed by atoms with E-state index >= 15 is 0 Å². The maximum Gasteiger partial charge on any atom is 0.168 e. The summed E-state index contributed by atoms with van der Waals surface area (Å²) in [5.41, 5.74) is 0.983. The zero-order valence-corrected chi connectivity index (χ0v) is 9.82. The van der Waals surface area contributed by atoms with Gasteiger partial charge in [0.1, 0.15) is 10.4 Å². The average Bonchev–Trinajstić information content (AvgIpc) is 2.67. The lowest BCUT2D eigenvalue weighted by molar-refractivity contribution is 0.340. The molecule has 0 unspecified atom stereocenters. The molecule has 1 aromatic heterocycles. The topological polar surface area (TPSA) is 35.3 Å². The van der Waals surface area contributed by atoms with E-state index in [1.807, 2.05) is 37.3 Å². The van der Waals surface area contributed by atoms with E-state index in [1.165, 1.54) is 0 Å². The van der Waals surface area contributed by atoms with Crippen LogP contribution >= 0.6 is 15.9 Å². The molecule has 0 spiro atoms. The smallest absolute Gasteiger partial charge is 0.168 e. The lowest BCUT2D eigenvalue weighted by atomic mass is 10.2. The Morgan fingerprint density at radius 3 is 2.60 bits per heavy atom. The SMILES string of the molecule is CCOc1ccc(-c2cc(Br)no2)cc1. The molecule has 15 heavy (non-hydrogen) atoms. The maximum absolute atomic E-state index is 5.35. The fraction of sp³-hybridized carbons (Fsp3) is 0.182. The number of halogens is 1. The Bertz CT molecular complexity index is 436. The van der Waals surface area contributed by atoms with Crippen molar-refractivity contribution in [2.45, 2.75) is 6.92 Å². The highest BCUT2D eigenvalue weighted by molar-refractivity contribution is 9.10. The summed E-state index contributed by atoms with van der Waals surface area (Å²) in [5, 5.41) is 3.76. The summed E-state index contributed by atoms with van der Waals surface area (Å²) < 4.78 is 11.2. The van der Waals surface area contributed by atoms with Crippen LogP contribution in [-0.2, 0) is 0 Å². The molecule has 0 aliphatic carbocycles. The van der Waals surface area contributed by atoms with Crippen LogP contribution in [0.4, 0.5) is 0 Å². The van der Waals surface area contributed by atoms with Crippen LogP contribution in [0.1, 0.15) is 6.92 Å². The van der Waals surface area contributed by atoms with Crippen molar-refractivity contribution in [1.29, 1.82) is 0 Å². The second kappa shape index (κ2) is 4.49. The molecule has 4 heteroatoms. The Morgan fingerprint density at radius 2 is 2.07 bits per heavy atom. The van der Waals surface area contributed by atoms with Crippen molar-refractivity contribution in [3.8, 4) is 17.1 Å². The second-order valence-electron chi connectivity index (χ2n) is 2.97. The fourth-order valence-corrected chi connectivity index (χ4v) is 1.55. The van der Waals surface area contributed by atoms with Gasteiger partial charge in [-0.05, 0) is 47.1 Å². The summed E-state index contributed by atoms with van der Waals surface area (Å²) in [4.78, 5) is 0. The molecule has 1 aromatic carbocycles. The molecular formula is C11H10BrNO2. The number of ether oxygens (including phenoxy) is 1. The van der Waals surface area contributed by atoms with E-state index in [2.05, 4.69) is 21.1 Å². The van der Waals surface area contributed by atoms with Crippen molar-refractivity contribution in [2.75, 3.05) is 6.61 Å². The van der Waals surface area contributed by atoms with Crippen LogP contribution in [0.5, 0.6) is 5.75 Å². The van der Waals surface area contributed by atoms with Crippen LogP contribution in [0.15, 0.2) is 39.5 Å². The molecule has 0 atom stereocenters. The predicted octanol–water partition coefficient (Wildman–Crippen LogP) is 3.50. The van der Waals surface area contributed by atoms with Gasteiger partial charge in [-0.2, -0.15) is 0 Å². The van der Waals surface area contributed by atoms with Crippen molar-refractivity contribution >= 4 is 15.9 Å². The molecule has 0 bridgehead atoms. The van der Waals surface area contributed by atoms with Gasteiger partial charge in [0, 0.05) is 11.6 Å². The van der Waals surface area contributed by atoms with E-state index in [-0.39, 0.29) is 0 Å². The van der Waals surface area contributed by atoms with Crippen molar-refractivity contribution in [3.05, 3.63) is 34.9 Å². The molecule has 2 rings (SSSR count). The van der Waals surface area contributed by atoms with Gasteiger partial charge in [-0.3, -0.25) is 0 Å². The van der Waals surface area contributed by atoms with Gasteiger partial charge in [0.15, 0.2) is 5.76 Å². The Labute approximate surface area is 96.2 Å². The highest BCUT2D eigenvalue weighted by Gasteiger charge is 2.04. The van der Waals surface area contributed by atoms with Crippen LogP contribution in [0, 0.1) is 0 Å². The van der Waals surface area contributed by atoms with Crippen LogP contribution in [0.2, 0.25) is 0 Å². The lowest BCUT2D eigenvalue weighted by Crippen LogP contribution is -1.90. The van der Waals surface area contributed by atoms with Crippen LogP contribution < -0.4 is 4.74 Å². The number of nitrogens with zero attached hydrogens (tertiary/aromatic N) is 1. The van der Waals surface area contributed by atoms with E-state index in [0.717, 1.165) is 17.1 Å². The zero-order chi connectivity index (χ0) is 10.7. The van der Waals surface area contributed by atoms with Gasteiger partial charge in [0.05, 0.1) is 6.61 Å². The highest BCUT2D eigenvalue weighted by atomic mass is 79.9. The third-order valence-corrected chi connectivity index (χ3v) is 2.30. The molecular weight excluding hydrogens is 258 g/mol. The Morgan fingerprint density at radius 1 is 1.33 bits per heavy atom. The predicted molar refractivity (Wildman–Crippen MR) is 60.8 cm³/mol. The van der Waals surface area contributed by atoms with Gasteiger partial charge < -0.3 is 9.26 Å². The second-order valence-corrected chi connectivity index (χ2v) is 3.78. The summed E-state index contributed by atoms with van der Waals surface area (Å²) >= 11 is 3.24. The summed E-state index contributed by atoms with van der Waals surface area (Å²) in [6.45, 7) is 2.63. The van der Waals surface area contributed by atoms with Crippen molar-refractivity contribution in [1.82, 2.24) is 5.16 Å². The lowest BCUT2D eigenvalue weighted by Gasteiger charge is -2.02. The van der Waals surface area contributed by atoms with Crippen molar-refractivity contribution in [2.24, 2.45) is 0 Å². The molecule has 0 aliphatic rings. The minimum atomic E-state index is 0.674. The molecule has 3 nitrogen and oxygen atoms in total. The van der Waals surface area contributed by atoms with E-state index in [0.29, 0.717) is 11.2 Å². The van der Waals surface area contributed by atoms with Crippen molar-refractivity contribution < 1.29 is 9.26 Å². The Kier molecular flexibility index (Phi) is 3.06. The van der Waals surface area contributed by atoms with Crippen LogP contribution in [-0.4, -0.2) is 11.8 Å². The number of hydrogen-bond donors (Lipinski definition) is 0. The first kappa shape index (κ1) is 10.2. The number of benzene rings is 1. The first-order valence-electron chi connectivity index (χ1n) is 4.65.